The van der Waals surface area contributed by atoms with E-state index in [9.17, 15) is 23.2 Å². The number of nitrogens with one attached hydrogen (secondary N) is 1. The van der Waals surface area contributed by atoms with Gasteiger partial charge in [-0.3, -0.25) is 19.3 Å². The summed E-state index contributed by atoms with van der Waals surface area (Å²) in [5, 5.41) is 2.42. The van der Waals surface area contributed by atoms with Gasteiger partial charge in [0.05, 0.1) is 16.8 Å². The summed E-state index contributed by atoms with van der Waals surface area (Å²) in [6.45, 7) is -1.67. The van der Waals surface area contributed by atoms with Crippen molar-refractivity contribution in [3.05, 3.63) is 59.7 Å². The van der Waals surface area contributed by atoms with Gasteiger partial charge >= 0.3 is 6.61 Å². The number of imide groups is 1. The molecule has 1 N–H and O–H groups in total. The molecule has 3 amide bonds. The fraction of sp³-hybridized carbons (Fsp3) is 0.167. The minimum atomic E-state index is -3.05. The number of anilines is 1. The molecule has 0 spiro atoms. The average molecular weight is 360 g/mol. The Morgan fingerprint density at radius 2 is 1.54 bits per heavy atom. The quantitative estimate of drug-likeness (QED) is 0.832. The number of hydrogen-bond acceptors (Lipinski definition) is 4. The van der Waals surface area contributed by atoms with Crippen molar-refractivity contribution in [3.8, 4) is 5.75 Å². The predicted molar refractivity (Wildman–Crippen MR) is 88.1 cm³/mol. The SMILES string of the molecule is CC(C(=O)Nc1ccccc1OC(F)F)N1C(=O)c2ccccc2C1=O. The topological polar surface area (TPSA) is 75.7 Å². The summed E-state index contributed by atoms with van der Waals surface area (Å²) >= 11 is 0. The minimum Gasteiger partial charge on any atom is -0.433 e. The summed E-state index contributed by atoms with van der Waals surface area (Å²) in [5.41, 5.74) is 0.457. The molecule has 0 saturated heterocycles. The van der Waals surface area contributed by atoms with Crippen molar-refractivity contribution in [1.82, 2.24) is 4.90 Å². The van der Waals surface area contributed by atoms with E-state index in [2.05, 4.69) is 10.1 Å². The largest absolute Gasteiger partial charge is 0.433 e. The van der Waals surface area contributed by atoms with E-state index in [1.54, 1.807) is 12.1 Å². The molecule has 1 unspecified atom stereocenters. The Morgan fingerprint density at radius 1 is 1.00 bits per heavy atom. The maximum absolute atomic E-state index is 12.5. The van der Waals surface area contributed by atoms with Crippen molar-refractivity contribution in [2.75, 3.05) is 5.32 Å². The van der Waals surface area contributed by atoms with Gasteiger partial charge in [0, 0.05) is 0 Å². The van der Waals surface area contributed by atoms with Gasteiger partial charge in [0.15, 0.2) is 0 Å². The lowest BCUT2D eigenvalue weighted by molar-refractivity contribution is -0.119. The number of ether oxygens (including phenoxy) is 1. The normalized spacial score (nSPS) is 14.4. The molecule has 0 aliphatic carbocycles. The zero-order valence-electron chi connectivity index (χ0n) is 13.6. The van der Waals surface area contributed by atoms with Crippen LogP contribution in [0.3, 0.4) is 0 Å². The van der Waals surface area contributed by atoms with Crippen LogP contribution in [-0.2, 0) is 4.79 Å². The molecule has 134 valence electrons. The van der Waals surface area contributed by atoms with E-state index >= 15 is 0 Å². The zero-order chi connectivity index (χ0) is 18.8. The first-order chi connectivity index (χ1) is 12.4. The number of carbonyl (C=O) groups is 3. The lowest BCUT2D eigenvalue weighted by Gasteiger charge is -2.22. The van der Waals surface area contributed by atoms with Gasteiger partial charge in [-0.25, -0.2) is 0 Å². The van der Waals surface area contributed by atoms with E-state index < -0.39 is 30.4 Å². The highest BCUT2D eigenvalue weighted by molar-refractivity contribution is 6.23. The van der Waals surface area contributed by atoms with Gasteiger partial charge in [0.2, 0.25) is 5.91 Å². The first-order valence-corrected chi connectivity index (χ1v) is 7.71. The Labute approximate surface area is 147 Å². The first-order valence-electron chi connectivity index (χ1n) is 7.71. The van der Waals surface area contributed by atoms with Crippen molar-refractivity contribution < 1.29 is 27.9 Å². The highest BCUT2D eigenvalue weighted by Crippen LogP contribution is 2.28. The highest BCUT2D eigenvalue weighted by Gasteiger charge is 2.40. The number of rotatable bonds is 5. The van der Waals surface area contributed by atoms with Crippen LogP contribution in [-0.4, -0.2) is 35.3 Å². The smallest absolute Gasteiger partial charge is 0.387 e. The Balaban J connectivity index is 1.80. The van der Waals surface area contributed by atoms with Gasteiger partial charge in [-0.2, -0.15) is 8.78 Å². The molecule has 0 saturated carbocycles. The van der Waals surface area contributed by atoms with Gasteiger partial charge < -0.3 is 10.1 Å². The van der Waals surface area contributed by atoms with Crippen LogP contribution in [0.4, 0.5) is 14.5 Å². The third-order valence-electron chi connectivity index (χ3n) is 3.95. The molecular weight excluding hydrogens is 346 g/mol. The zero-order valence-corrected chi connectivity index (χ0v) is 13.6. The number of nitrogens with zero attached hydrogens (tertiary/aromatic N) is 1. The molecule has 0 radical (unpaired) electrons. The summed E-state index contributed by atoms with van der Waals surface area (Å²) in [7, 11) is 0. The van der Waals surface area contributed by atoms with Crippen LogP contribution in [0.1, 0.15) is 27.6 Å². The number of carbonyl (C=O) groups excluding carboxylic acids is 3. The lowest BCUT2D eigenvalue weighted by Crippen LogP contribution is -2.45. The van der Waals surface area contributed by atoms with E-state index in [0.29, 0.717) is 0 Å². The molecule has 1 aliphatic heterocycles. The minimum absolute atomic E-state index is 0.0151. The van der Waals surface area contributed by atoms with Gasteiger partial charge in [-0.05, 0) is 31.2 Å². The molecule has 1 heterocycles. The van der Waals surface area contributed by atoms with Gasteiger partial charge in [-0.1, -0.05) is 24.3 Å². The molecule has 0 fully saturated rings. The van der Waals surface area contributed by atoms with Crippen molar-refractivity contribution >= 4 is 23.4 Å². The lowest BCUT2D eigenvalue weighted by atomic mass is 10.1. The molecule has 8 heteroatoms. The number of alkyl halides is 2. The van der Waals surface area contributed by atoms with E-state index in [4.69, 9.17) is 0 Å². The number of fused-ring (bicyclic) bond motifs is 1. The maximum Gasteiger partial charge on any atom is 0.387 e. The number of halogens is 2. The molecule has 1 atom stereocenters. The monoisotopic (exact) mass is 360 g/mol. The van der Waals surface area contributed by atoms with Crippen molar-refractivity contribution in [3.63, 3.8) is 0 Å². The number of benzene rings is 2. The van der Waals surface area contributed by atoms with Crippen molar-refractivity contribution in [2.24, 2.45) is 0 Å². The Morgan fingerprint density at radius 3 is 2.12 bits per heavy atom. The molecular formula is C18H14F2N2O4. The second kappa shape index (κ2) is 6.91. The Hall–Kier alpha value is -3.29. The Bertz CT molecular complexity index is 850. The summed E-state index contributed by atoms with van der Waals surface area (Å²) in [6, 6.07) is 10.8. The second-order valence-electron chi connectivity index (χ2n) is 5.57. The van der Waals surface area contributed by atoms with Crippen LogP contribution in [0.5, 0.6) is 5.75 Å². The molecule has 2 aromatic rings. The van der Waals surface area contributed by atoms with E-state index in [0.717, 1.165) is 4.90 Å². The summed E-state index contributed by atoms with van der Waals surface area (Å²) in [6.07, 6.45) is 0. The summed E-state index contributed by atoms with van der Waals surface area (Å²) < 4.78 is 29.3. The Kier molecular flexibility index (Phi) is 4.66. The average Bonchev–Trinajstić information content (AvgIpc) is 2.87. The van der Waals surface area contributed by atoms with Crippen LogP contribution in [0.25, 0.3) is 0 Å². The molecule has 1 aliphatic rings. The van der Waals surface area contributed by atoms with Gasteiger partial charge in [-0.15, -0.1) is 0 Å². The molecule has 26 heavy (non-hydrogen) atoms. The fourth-order valence-electron chi connectivity index (χ4n) is 2.68. The third kappa shape index (κ3) is 3.13. The number of amides is 3. The summed E-state index contributed by atoms with van der Waals surface area (Å²) in [4.78, 5) is 38.2. The van der Waals surface area contributed by atoms with Crippen LogP contribution in [0.15, 0.2) is 48.5 Å². The summed E-state index contributed by atoms with van der Waals surface area (Å²) in [5.74, 6) is -2.08. The highest BCUT2D eigenvalue weighted by atomic mass is 19.3. The van der Waals surface area contributed by atoms with Crippen LogP contribution in [0, 0.1) is 0 Å². The maximum atomic E-state index is 12.5. The van der Waals surface area contributed by atoms with Gasteiger partial charge in [0.1, 0.15) is 11.8 Å². The number of hydrogen-bond donors (Lipinski definition) is 1. The predicted octanol–water partition coefficient (Wildman–Crippen LogP) is 2.91. The van der Waals surface area contributed by atoms with Crippen LogP contribution >= 0.6 is 0 Å². The van der Waals surface area contributed by atoms with E-state index in [1.807, 2.05) is 0 Å². The van der Waals surface area contributed by atoms with Gasteiger partial charge in [0.25, 0.3) is 11.8 Å². The second-order valence-corrected chi connectivity index (χ2v) is 5.57. The molecule has 2 aromatic carbocycles. The molecule has 0 bridgehead atoms. The van der Waals surface area contributed by atoms with Crippen LogP contribution in [0.2, 0.25) is 0 Å². The third-order valence-corrected chi connectivity index (χ3v) is 3.95. The standard InChI is InChI=1S/C18H14F2N2O4/c1-10(22-16(24)11-6-2-3-7-12(11)17(22)25)15(23)21-13-8-4-5-9-14(13)26-18(19)20/h2-10,18H,1H3,(H,21,23). The molecule has 0 aromatic heterocycles. The van der Waals surface area contributed by atoms with Crippen molar-refractivity contribution in [2.45, 2.75) is 19.6 Å². The van der Waals surface area contributed by atoms with E-state index in [1.165, 1.54) is 43.3 Å². The molecule has 3 rings (SSSR count). The van der Waals surface area contributed by atoms with E-state index in [-0.39, 0.29) is 22.6 Å². The molecule has 6 nitrogen and oxygen atoms in total. The van der Waals surface area contributed by atoms with Crippen molar-refractivity contribution in [1.29, 1.82) is 0 Å². The first kappa shape index (κ1) is 17.5. The van der Waals surface area contributed by atoms with Crippen LogP contribution < -0.4 is 10.1 Å². The number of para-hydroxylation sites is 2. The fourth-order valence-corrected chi connectivity index (χ4v) is 2.68.